The Bertz CT molecular complexity index is 534. The number of rotatable bonds is 3. The summed E-state index contributed by atoms with van der Waals surface area (Å²) in [6, 6.07) is -0.327. The molecular formula is C17H29ClN4O3. The topological polar surface area (TPSA) is 81.8 Å². The van der Waals surface area contributed by atoms with Crippen molar-refractivity contribution in [1.82, 2.24) is 20.4 Å². The fourth-order valence-electron chi connectivity index (χ4n) is 4.17. The lowest BCUT2D eigenvalue weighted by Crippen LogP contribution is -2.55. The van der Waals surface area contributed by atoms with Crippen LogP contribution >= 0.6 is 12.4 Å². The van der Waals surface area contributed by atoms with Gasteiger partial charge in [-0.1, -0.05) is 13.3 Å². The molecule has 2 saturated heterocycles. The molecule has 0 aromatic rings. The number of urea groups is 1. The van der Waals surface area contributed by atoms with E-state index < -0.39 is 11.6 Å². The fraction of sp³-hybridized carbons (Fsp3) is 0.824. The SMILES string of the molecule is CCC1CCC2(CC1)NC(=O)N(CC(=O)N1CCNC[C@H]1C)C2=O.Cl. The van der Waals surface area contributed by atoms with Gasteiger partial charge in [0.2, 0.25) is 5.91 Å². The quantitative estimate of drug-likeness (QED) is 0.727. The number of amides is 4. The molecule has 0 bridgehead atoms. The van der Waals surface area contributed by atoms with Crippen molar-refractivity contribution >= 4 is 30.3 Å². The summed E-state index contributed by atoms with van der Waals surface area (Å²) < 4.78 is 0. The smallest absolute Gasteiger partial charge is 0.325 e. The second-order valence-corrected chi connectivity index (χ2v) is 7.40. The molecule has 2 aliphatic heterocycles. The van der Waals surface area contributed by atoms with Crippen LogP contribution in [-0.2, 0) is 9.59 Å². The van der Waals surface area contributed by atoms with E-state index in [1.165, 1.54) is 0 Å². The van der Waals surface area contributed by atoms with Gasteiger partial charge in [-0.25, -0.2) is 4.79 Å². The Balaban J connectivity index is 0.00000225. The van der Waals surface area contributed by atoms with E-state index in [-0.39, 0.29) is 36.8 Å². The Morgan fingerprint density at radius 3 is 2.56 bits per heavy atom. The predicted octanol–water partition coefficient (Wildman–Crippen LogP) is 1.12. The first-order valence-electron chi connectivity index (χ1n) is 9.11. The lowest BCUT2D eigenvalue weighted by molar-refractivity contribution is -0.141. The summed E-state index contributed by atoms with van der Waals surface area (Å²) in [5, 5.41) is 6.12. The van der Waals surface area contributed by atoms with E-state index in [0.29, 0.717) is 25.3 Å². The number of nitrogens with zero attached hydrogens (tertiary/aromatic N) is 2. The van der Waals surface area contributed by atoms with E-state index in [1.54, 1.807) is 4.90 Å². The molecule has 1 spiro atoms. The third-order valence-corrected chi connectivity index (χ3v) is 5.90. The van der Waals surface area contributed by atoms with Crippen molar-refractivity contribution < 1.29 is 14.4 Å². The van der Waals surface area contributed by atoms with Gasteiger partial charge >= 0.3 is 6.03 Å². The van der Waals surface area contributed by atoms with E-state index in [4.69, 9.17) is 0 Å². The maximum Gasteiger partial charge on any atom is 0.325 e. The Kier molecular flexibility index (Phi) is 6.32. The molecule has 1 aliphatic carbocycles. The molecule has 25 heavy (non-hydrogen) atoms. The van der Waals surface area contributed by atoms with Crippen LogP contribution < -0.4 is 10.6 Å². The number of imide groups is 1. The summed E-state index contributed by atoms with van der Waals surface area (Å²) >= 11 is 0. The minimum absolute atomic E-state index is 0. The van der Waals surface area contributed by atoms with Crippen LogP contribution in [0.5, 0.6) is 0 Å². The summed E-state index contributed by atoms with van der Waals surface area (Å²) in [6.07, 6.45) is 4.40. The van der Waals surface area contributed by atoms with Crippen LogP contribution in [0.25, 0.3) is 0 Å². The van der Waals surface area contributed by atoms with Gasteiger partial charge in [0.15, 0.2) is 0 Å². The van der Waals surface area contributed by atoms with Crippen LogP contribution in [0.2, 0.25) is 0 Å². The highest BCUT2D eigenvalue weighted by molar-refractivity contribution is 6.09. The van der Waals surface area contributed by atoms with Crippen molar-refractivity contribution in [2.24, 2.45) is 5.92 Å². The molecule has 0 aromatic carbocycles. The van der Waals surface area contributed by atoms with Crippen molar-refractivity contribution in [3.05, 3.63) is 0 Å². The third-order valence-electron chi connectivity index (χ3n) is 5.90. The summed E-state index contributed by atoms with van der Waals surface area (Å²) in [6.45, 7) is 6.11. The van der Waals surface area contributed by atoms with E-state index in [0.717, 1.165) is 37.3 Å². The molecule has 0 aromatic heterocycles. The first kappa shape index (κ1) is 20.0. The Morgan fingerprint density at radius 1 is 1.28 bits per heavy atom. The third kappa shape index (κ3) is 3.77. The molecule has 3 fully saturated rings. The van der Waals surface area contributed by atoms with Crippen LogP contribution in [-0.4, -0.2) is 65.4 Å². The van der Waals surface area contributed by atoms with Crippen LogP contribution in [0.15, 0.2) is 0 Å². The lowest BCUT2D eigenvalue weighted by Gasteiger charge is -2.35. The highest BCUT2D eigenvalue weighted by atomic mass is 35.5. The molecule has 1 saturated carbocycles. The lowest BCUT2D eigenvalue weighted by atomic mass is 9.75. The molecule has 3 rings (SSSR count). The standard InChI is InChI=1S/C17H28N4O3.ClH/c1-3-13-4-6-17(7-5-13)15(23)21(16(24)19-17)11-14(22)20-9-8-18-10-12(20)2;/h12-13,18H,3-11H2,1-2H3,(H,19,24);1H/t12-,13?,17?;/m1./s1. The van der Waals surface area contributed by atoms with Gasteiger partial charge in [-0.3, -0.25) is 14.5 Å². The average Bonchev–Trinajstić information content (AvgIpc) is 2.80. The Hall–Kier alpha value is -1.34. The summed E-state index contributed by atoms with van der Waals surface area (Å²) in [5.41, 5.74) is -0.766. The van der Waals surface area contributed by atoms with Crippen LogP contribution in [0.1, 0.15) is 46.0 Å². The zero-order valence-corrected chi connectivity index (χ0v) is 15.9. The molecule has 8 heteroatoms. The van der Waals surface area contributed by atoms with E-state index >= 15 is 0 Å². The maximum absolute atomic E-state index is 12.8. The van der Waals surface area contributed by atoms with Gasteiger partial charge < -0.3 is 15.5 Å². The highest BCUT2D eigenvalue weighted by Crippen LogP contribution is 2.37. The molecule has 3 aliphatic rings. The van der Waals surface area contributed by atoms with Crippen molar-refractivity contribution in [3.8, 4) is 0 Å². The largest absolute Gasteiger partial charge is 0.336 e. The van der Waals surface area contributed by atoms with Gasteiger partial charge in [-0.05, 0) is 38.5 Å². The normalized spacial score (nSPS) is 32.6. The number of halogens is 1. The van der Waals surface area contributed by atoms with Gasteiger partial charge in [0.1, 0.15) is 12.1 Å². The zero-order chi connectivity index (χ0) is 17.3. The predicted molar refractivity (Wildman–Crippen MR) is 96.5 cm³/mol. The number of hydrogen-bond acceptors (Lipinski definition) is 4. The molecule has 7 nitrogen and oxygen atoms in total. The van der Waals surface area contributed by atoms with Gasteiger partial charge in [-0.2, -0.15) is 0 Å². The number of piperazine rings is 1. The van der Waals surface area contributed by atoms with E-state index in [9.17, 15) is 14.4 Å². The number of nitrogens with one attached hydrogen (secondary N) is 2. The Morgan fingerprint density at radius 2 is 1.96 bits per heavy atom. The number of carbonyl (C=O) groups is 3. The molecule has 0 radical (unpaired) electrons. The van der Waals surface area contributed by atoms with Crippen molar-refractivity contribution in [2.75, 3.05) is 26.2 Å². The number of carbonyl (C=O) groups excluding carboxylic acids is 3. The second-order valence-electron chi connectivity index (χ2n) is 7.40. The van der Waals surface area contributed by atoms with Crippen molar-refractivity contribution in [2.45, 2.75) is 57.5 Å². The fourth-order valence-corrected chi connectivity index (χ4v) is 4.17. The minimum Gasteiger partial charge on any atom is -0.336 e. The first-order chi connectivity index (χ1) is 11.5. The zero-order valence-electron chi connectivity index (χ0n) is 15.0. The molecule has 2 N–H and O–H groups in total. The van der Waals surface area contributed by atoms with Crippen molar-refractivity contribution in [3.63, 3.8) is 0 Å². The summed E-state index contributed by atoms with van der Waals surface area (Å²) in [5.74, 6) is 0.280. The van der Waals surface area contributed by atoms with E-state index in [1.807, 2.05) is 6.92 Å². The second kappa shape index (κ2) is 7.91. The molecular weight excluding hydrogens is 344 g/mol. The van der Waals surface area contributed by atoms with Gasteiger partial charge in [0.25, 0.3) is 5.91 Å². The molecule has 142 valence electrons. The molecule has 2 heterocycles. The summed E-state index contributed by atoms with van der Waals surface area (Å²) in [7, 11) is 0. The summed E-state index contributed by atoms with van der Waals surface area (Å²) in [4.78, 5) is 40.6. The molecule has 0 unspecified atom stereocenters. The molecule has 1 atom stereocenters. The van der Waals surface area contributed by atoms with Gasteiger partial charge in [0, 0.05) is 25.7 Å². The minimum atomic E-state index is -0.766. The average molecular weight is 373 g/mol. The van der Waals surface area contributed by atoms with Gasteiger partial charge in [-0.15, -0.1) is 12.4 Å². The first-order valence-corrected chi connectivity index (χ1v) is 9.11. The van der Waals surface area contributed by atoms with Gasteiger partial charge in [0.05, 0.1) is 0 Å². The van der Waals surface area contributed by atoms with Crippen LogP contribution in [0, 0.1) is 5.92 Å². The van der Waals surface area contributed by atoms with Crippen LogP contribution in [0.4, 0.5) is 4.79 Å². The Labute approximate surface area is 155 Å². The highest BCUT2D eigenvalue weighted by Gasteiger charge is 2.52. The van der Waals surface area contributed by atoms with E-state index in [2.05, 4.69) is 17.6 Å². The maximum atomic E-state index is 12.8. The molecule has 4 amide bonds. The number of hydrogen-bond donors (Lipinski definition) is 2. The monoisotopic (exact) mass is 372 g/mol. The van der Waals surface area contributed by atoms with Crippen LogP contribution in [0.3, 0.4) is 0 Å². The van der Waals surface area contributed by atoms with Crippen molar-refractivity contribution in [1.29, 1.82) is 0 Å².